The molecule has 1 saturated heterocycles. The molecular formula is C14H19N3O3. The Hall–Kier alpha value is -2.08. The van der Waals surface area contributed by atoms with E-state index >= 15 is 0 Å². The number of carbonyl (C=O) groups is 2. The minimum Gasteiger partial charge on any atom is -0.482 e. The van der Waals surface area contributed by atoms with E-state index in [4.69, 9.17) is 4.74 Å². The lowest BCUT2D eigenvalue weighted by Crippen LogP contribution is -2.47. The lowest BCUT2D eigenvalue weighted by Gasteiger charge is -2.27. The Morgan fingerprint density at radius 3 is 2.70 bits per heavy atom. The van der Waals surface area contributed by atoms with Crippen molar-refractivity contribution in [1.29, 1.82) is 0 Å². The number of piperazine rings is 1. The van der Waals surface area contributed by atoms with E-state index in [1.165, 1.54) is 6.92 Å². The molecule has 0 atom stereocenters. The van der Waals surface area contributed by atoms with Crippen LogP contribution in [-0.2, 0) is 9.59 Å². The van der Waals surface area contributed by atoms with E-state index < -0.39 is 0 Å². The quantitative estimate of drug-likeness (QED) is 0.838. The van der Waals surface area contributed by atoms with Crippen LogP contribution >= 0.6 is 0 Å². The number of hydrogen-bond acceptors (Lipinski definition) is 4. The van der Waals surface area contributed by atoms with Gasteiger partial charge in [-0.15, -0.1) is 0 Å². The van der Waals surface area contributed by atoms with Crippen molar-refractivity contribution in [3.63, 3.8) is 0 Å². The highest BCUT2D eigenvalue weighted by atomic mass is 16.5. The van der Waals surface area contributed by atoms with E-state index in [-0.39, 0.29) is 18.4 Å². The summed E-state index contributed by atoms with van der Waals surface area (Å²) in [4.78, 5) is 24.9. The van der Waals surface area contributed by atoms with Gasteiger partial charge in [0.05, 0.1) is 5.69 Å². The second-order valence-corrected chi connectivity index (χ2v) is 4.60. The lowest BCUT2D eigenvalue weighted by molar-refractivity contribution is -0.133. The molecular weight excluding hydrogens is 258 g/mol. The Bertz CT molecular complexity index is 484. The molecule has 1 aromatic rings. The number of carbonyl (C=O) groups excluding carboxylic acids is 2. The average Bonchev–Trinajstić information content (AvgIpc) is 2.46. The van der Waals surface area contributed by atoms with Crippen LogP contribution in [0, 0.1) is 0 Å². The summed E-state index contributed by atoms with van der Waals surface area (Å²) in [6, 6.07) is 7.08. The molecule has 0 unspecified atom stereocenters. The molecule has 1 aliphatic rings. The fourth-order valence-electron chi connectivity index (χ4n) is 2.03. The topological polar surface area (TPSA) is 70.7 Å². The zero-order valence-electron chi connectivity index (χ0n) is 11.5. The van der Waals surface area contributed by atoms with Gasteiger partial charge in [-0.25, -0.2) is 0 Å². The van der Waals surface area contributed by atoms with Crippen LogP contribution in [0.3, 0.4) is 0 Å². The standard InChI is InChI=1S/C14H19N3O3/c1-11(18)16-12-4-2-3-5-13(12)20-10-14(19)17-8-6-15-7-9-17/h2-5,15H,6-10H2,1H3,(H,16,18). The highest BCUT2D eigenvalue weighted by Crippen LogP contribution is 2.23. The number of nitrogens with one attached hydrogen (secondary N) is 2. The first-order chi connectivity index (χ1) is 9.66. The summed E-state index contributed by atoms with van der Waals surface area (Å²) < 4.78 is 5.53. The molecule has 0 aromatic heterocycles. The largest absolute Gasteiger partial charge is 0.482 e. The van der Waals surface area contributed by atoms with Crippen molar-refractivity contribution >= 4 is 17.5 Å². The molecule has 2 amide bonds. The lowest BCUT2D eigenvalue weighted by atomic mass is 10.3. The molecule has 2 rings (SSSR count). The second kappa shape index (κ2) is 6.91. The van der Waals surface area contributed by atoms with E-state index in [2.05, 4.69) is 10.6 Å². The first-order valence-corrected chi connectivity index (χ1v) is 6.65. The van der Waals surface area contributed by atoms with E-state index in [0.717, 1.165) is 13.1 Å². The molecule has 1 aliphatic heterocycles. The SMILES string of the molecule is CC(=O)Nc1ccccc1OCC(=O)N1CCNCC1. The normalized spacial score (nSPS) is 14.8. The first-order valence-electron chi connectivity index (χ1n) is 6.65. The maximum atomic E-state index is 12.0. The Morgan fingerprint density at radius 2 is 2.00 bits per heavy atom. The predicted molar refractivity (Wildman–Crippen MR) is 75.7 cm³/mol. The Morgan fingerprint density at radius 1 is 1.30 bits per heavy atom. The highest BCUT2D eigenvalue weighted by molar-refractivity contribution is 5.90. The van der Waals surface area contributed by atoms with Gasteiger partial charge in [0.15, 0.2) is 6.61 Å². The zero-order valence-corrected chi connectivity index (χ0v) is 11.5. The highest BCUT2D eigenvalue weighted by Gasteiger charge is 2.17. The van der Waals surface area contributed by atoms with Gasteiger partial charge in [-0.2, -0.15) is 0 Å². The van der Waals surface area contributed by atoms with Crippen LogP contribution in [0.2, 0.25) is 0 Å². The van der Waals surface area contributed by atoms with E-state index in [1.54, 1.807) is 29.2 Å². The van der Waals surface area contributed by atoms with E-state index in [0.29, 0.717) is 24.5 Å². The van der Waals surface area contributed by atoms with Crippen LogP contribution in [0.5, 0.6) is 5.75 Å². The number of para-hydroxylation sites is 2. The van der Waals surface area contributed by atoms with Gasteiger partial charge in [0.25, 0.3) is 5.91 Å². The summed E-state index contributed by atoms with van der Waals surface area (Å²) in [5.41, 5.74) is 0.577. The average molecular weight is 277 g/mol. The summed E-state index contributed by atoms with van der Waals surface area (Å²) in [6.07, 6.45) is 0. The molecule has 0 spiro atoms. The third-order valence-corrected chi connectivity index (χ3v) is 3.02. The third-order valence-electron chi connectivity index (χ3n) is 3.02. The molecule has 0 aliphatic carbocycles. The van der Waals surface area contributed by atoms with Gasteiger partial charge >= 0.3 is 0 Å². The number of nitrogens with zero attached hydrogens (tertiary/aromatic N) is 1. The van der Waals surface area contributed by atoms with Crippen molar-refractivity contribution in [2.24, 2.45) is 0 Å². The van der Waals surface area contributed by atoms with Crippen molar-refractivity contribution in [1.82, 2.24) is 10.2 Å². The third kappa shape index (κ3) is 3.96. The molecule has 108 valence electrons. The van der Waals surface area contributed by atoms with Crippen molar-refractivity contribution in [3.05, 3.63) is 24.3 Å². The first kappa shape index (κ1) is 14.3. The van der Waals surface area contributed by atoms with Crippen LogP contribution in [-0.4, -0.2) is 49.5 Å². The van der Waals surface area contributed by atoms with Gasteiger partial charge in [-0.3, -0.25) is 9.59 Å². The minimum absolute atomic E-state index is 0.0173. The Kier molecular flexibility index (Phi) is 4.95. The molecule has 6 heteroatoms. The maximum absolute atomic E-state index is 12.0. The van der Waals surface area contributed by atoms with Crippen LogP contribution in [0.15, 0.2) is 24.3 Å². The molecule has 0 bridgehead atoms. The number of anilines is 1. The molecule has 1 heterocycles. The predicted octanol–water partition coefficient (Wildman–Crippen LogP) is 0.456. The Labute approximate surface area is 118 Å². The molecule has 2 N–H and O–H groups in total. The summed E-state index contributed by atoms with van der Waals surface area (Å²) in [7, 11) is 0. The molecule has 20 heavy (non-hydrogen) atoms. The van der Waals surface area contributed by atoms with Crippen molar-refractivity contribution in [2.45, 2.75) is 6.92 Å². The number of ether oxygens (including phenoxy) is 1. The monoisotopic (exact) mass is 277 g/mol. The summed E-state index contributed by atoms with van der Waals surface area (Å²) in [5, 5.41) is 5.87. The number of hydrogen-bond donors (Lipinski definition) is 2. The smallest absolute Gasteiger partial charge is 0.260 e. The van der Waals surface area contributed by atoms with Crippen LogP contribution in [0.25, 0.3) is 0 Å². The number of amides is 2. The second-order valence-electron chi connectivity index (χ2n) is 4.60. The van der Waals surface area contributed by atoms with Gasteiger partial charge in [0, 0.05) is 33.1 Å². The van der Waals surface area contributed by atoms with Crippen LogP contribution in [0.4, 0.5) is 5.69 Å². The molecule has 1 fully saturated rings. The molecule has 0 radical (unpaired) electrons. The molecule has 1 aromatic carbocycles. The van der Waals surface area contributed by atoms with E-state index in [1.807, 2.05) is 0 Å². The van der Waals surface area contributed by atoms with Gasteiger partial charge in [-0.1, -0.05) is 12.1 Å². The zero-order chi connectivity index (χ0) is 14.4. The summed E-state index contributed by atoms with van der Waals surface area (Å²) in [6.45, 7) is 4.45. The number of benzene rings is 1. The number of rotatable bonds is 4. The van der Waals surface area contributed by atoms with Gasteiger partial charge in [0.2, 0.25) is 5.91 Å². The molecule has 0 saturated carbocycles. The van der Waals surface area contributed by atoms with Gasteiger partial charge in [0.1, 0.15) is 5.75 Å². The van der Waals surface area contributed by atoms with Crippen LogP contribution < -0.4 is 15.4 Å². The maximum Gasteiger partial charge on any atom is 0.260 e. The summed E-state index contributed by atoms with van der Waals surface area (Å²) >= 11 is 0. The fourth-order valence-corrected chi connectivity index (χ4v) is 2.03. The van der Waals surface area contributed by atoms with Gasteiger partial charge in [-0.05, 0) is 12.1 Å². The Balaban J connectivity index is 1.92. The van der Waals surface area contributed by atoms with Crippen LogP contribution in [0.1, 0.15) is 6.92 Å². The fraction of sp³-hybridized carbons (Fsp3) is 0.429. The van der Waals surface area contributed by atoms with Crippen molar-refractivity contribution in [3.8, 4) is 5.75 Å². The van der Waals surface area contributed by atoms with E-state index in [9.17, 15) is 9.59 Å². The van der Waals surface area contributed by atoms with Crippen molar-refractivity contribution < 1.29 is 14.3 Å². The minimum atomic E-state index is -0.172. The van der Waals surface area contributed by atoms with Gasteiger partial charge < -0.3 is 20.3 Å². The van der Waals surface area contributed by atoms with Crippen molar-refractivity contribution in [2.75, 3.05) is 38.1 Å². The molecule has 6 nitrogen and oxygen atoms in total. The summed E-state index contributed by atoms with van der Waals surface area (Å²) in [5.74, 6) is 0.296.